The highest BCUT2D eigenvalue weighted by Gasteiger charge is 2.30. The molecule has 0 radical (unpaired) electrons. The van der Waals surface area contributed by atoms with Gasteiger partial charge in [0.1, 0.15) is 5.82 Å². The van der Waals surface area contributed by atoms with Gasteiger partial charge in [0.15, 0.2) is 5.65 Å². The molecule has 84 valence electrons. The summed E-state index contributed by atoms with van der Waals surface area (Å²) < 4.78 is 1.71. The third-order valence-electron chi connectivity index (χ3n) is 3.49. The second kappa shape index (κ2) is 3.20. The maximum Gasteiger partial charge on any atom is 0.160 e. The zero-order chi connectivity index (χ0) is 11.3. The van der Waals surface area contributed by atoms with Crippen LogP contribution in [0.3, 0.4) is 0 Å². The van der Waals surface area contributed by atoms with Gasteiger partial charge in [-0.2, -0.15) is 9.61 Å². The molecule has 16 heavy (non-hydrogen) atoms. The van der Waals surface area contributed by atoms with Gasteiger partial charge < -0.3 is 5.73 Å². The summed E-state index contributed by atoms with van der Waals surface area (Å²) in [5.74, 6) is 2.00. The molecular weight excluding hydrogens is 200 g/mol. The molecular formula is C12H16N4. The molecule has 4 nitrogen and oxygen atoms in total. The molecule has 0 amide bonds. The quantitative estimate of drug-likeness (QED) is 0.836. The monoisotopic (exact) mass is 216 g/mol. The molecule has 1 atom stereocenters. The number of aryl methyl sites for hydroxylation is 1. The molecule has 0 spiro atoms. The van der Waals surface area contributed by atoms with E-state index in [1.807, 2.05) is 19.2 Å². The van der Waals surface area contributed by atoms with Crippen LogP contribution in [0.4, 0.5) is 5.82 Å². The average Bonchev–Trinajstić information content (AvgIpc) is 3.04. The highest BCUT2D eigenvalue weighted by Crippen LogP contribution is 2.42. The Hall–Kier alpha value is -1.58. The molecule has 0 aliphatic heterocycles. The van der Waals surface area contributed by atoms with Gasteiger partial charge in [-0.25, -0.2) is 4.98 Å². The van der Waals surface area contributed by atoms with Gasteiger partial charge in [-0.3, -0.25) is 0 Å². The lowest BCUT2D eigenvalue weighted by atomic mass is 10.0. The van der Waals surface area contributed by atoms with Crippen molar-refractivity contribution in [2.24, 2.45) is 5.92 Å². The zero-order valence-corrected chi connectivity index (χ0v) is 9.64. The first-order valence-corrected chi connectivity index (χ1v) is 5.77. The van der Waals surface area contributed by atoms with Crippen molar-refractivity contribution in [3.63, 3.8) is 0 Å². The number of nitrogen functional groups attached to an aromatic ring is 1. The number of anilines is 1. The molecule has 2 heterocycles. The van der Waals surface area contributed by atoms with Crippen molar-refractivity contribution in [2.75, 3.05) is 5.73 Å². The molecule has 2 aromatic heterocycles. The molecule has 0 aromatic carbocycles. The summed E-state index contributed by atoms with van der Waals surface area (Å²) in [5.41, 5.74) is 9.07. The van der Waals surface area contributed by atoms with Gasteiger partial charge in [0.2, 0.25) is 0 Å². The Labute approximate surface area is 94.5 Å². The number of hydrogen-bond donors (Lipinski definition) is 1. The van der Waals surface area contributed by atoms with Crippen molar-refractivity contribution in [3.8, 4) is 0 Å². The van der Waals surface area contributed by atoms with Crippen molar-refractivity contribution in [1.82, 2.24) is 14.6 Å². The lowest BCUT2D eigenvalue weighted by Crippen LogP contribution is -2.06. The lowest BCUT2D eigenvalue weighted by Gasteiger charge is -2.11. The molecule has 1 aliphatic carbocycles. The van der Waals surface area contributed by atoms with Crippen LogP contribution in [0.2, 0.25) is 0 Å². The SMILES string of the molecule is Cc1cnn2c(N)cc([C@@H](C)C3CC3)nc12. The molecule has 3 rings (SSSR count). The number of hydrogen-bond acceptors (Lipinski definition) is 3. The Morgan fingerprint density at radius 2 is 2.25 bits per heavy atom. The van der Waals surface area contributed by atoms with Crippen LogP contribution >= 0.6 is 0 Å². The fraction of sp³-hybridized carbons (Fsp3) is 0.500. The van der Waals surface area contributed by atoms with E-state index >= 15 is 0 Å². The number of nitrogens with zero attached hydrogens (tertiary/aromatic N) is 3. The minimum absolute atomic E-state index is 0.515. The molecule has 2 N–H and O–H groups in total. The number of nitrogens with two attached hydrogens (primary N) is 1. The minimum Gasteiger partial charge on any atom is -0.384 e. The van der Waals surface area contributed by atoms with Crippen LogP contribution in [0, 0.1) is 12.8 Å². The molecule has 1 aliphatic rings. The maximum absolute atomic E-state index is 5.99. The number of fused-ring (bicyclic) bond motifs is 1. The van der Waals surface area contributed by atoms with E-state index in [4.69, 9.17) is 5.73 Å². The average molecular weight is 216 g/mol. The Balaban J connectivity index is 2.15. The lowest BCUT2D eigenvalue weighted by molar-refractivity contribution is 0.643. The number of rotatable bonds is 2. The molecule has 2 aromatic rings. The van der Waals surface area contributed by atoms with Gasteiger partial charge in [0, 0.05) is 23.2 Å². The molecule has 1 saturated carbocycles. The van der Waals surface area contributed by atoms with Gasteiger partial charge >= 0.3 is 0 Å². The first-order valence-electron chi connectivity index (χ1n) is 5.77. The molecule has 0 saturated heterocycles. The van der Waals surface area contributed by atoms with Crippen LogP contribution in [0.5, 0.6) is 0 Å². The van der Waals surface area contributed by atoms with Crippen molar-refractivity contribution < 1.29 is 0 Å². The molecule has 4 heteroatoms. The highest BCUT2D eigenvalue weighted by atomic mass is 15.3. The molecule has 0 unspecified atom stereocenters. The van der Waals surface area contributed by atoms with Crippen LogP contribution in [-0.2, 0) is 0 Å². The van der Waals surface area contributed by atoms with Crippen LogP contribution in [-0.4, -0.2) is 14.6 Å². The Kier molecular flexibility index (Phi) is 1.93. The summed E-state index contributed by atoms with van der Waals surface area (Å²) in [7, 11) is 0. The van der Waals surface area contributed by atoms with E-state index in [2.05, 4.69) is 17.0 Å². The second-order valence-electron chi connectivity index (χ2n) is 4.79. The van der Waals surface area contributed by atoms with Gasteiger partial charge in [-0.1, -0.05) is 6.92 Å². The Morgan fingerprint density at radius 3 is 2.94 bits per heavy atom. The first-order chi connectivity index (χ1) is 7.66. The van der Waals surface area contributed by atoms with E-state index < -0.39 is 0 Å². The summed E-state index contributed by atoms with van der Waals surface area (Å²) in [6.45, 7) is 4.25. The standard InChI is InChI=1S/C12H16N4/c1-7-6-14-16-11(13)5-10(15-12(7)16)8(2)9-3-4-9/h5-6,8-9H,3-4,13H2,1-2H3/t8-/m0/s1. The largest absolute Gasteiger partial charge is 0.384 e. The predicted octanol–water partition coefficient (Wildman–Crippen LogP) is 2.13. The summed E-state index contributed by atoms with van der Waals surface area (Å²) in [6.07, 6.45) is 4.46. The summed E-state index contributed by atoms with van der Waals surface area (Å²) in [6, 6.07) is 1.96. The zero-order valence-electron chi connectivity index (χ0n) is 9.64. The van der Waals surface area contributed by atoms with E-state index in [-0.39, 0.29) is 0 Å². The van der Waals surface area contributed by atoms with Crippen molar-refractivity contribution in [1.29, 1.82) is 0 Å². The second-order valence-corrected chi connectivity index (χ2v) is 4.79. The van der Waals surface area contributed by atoms with Crippen LogP contribution in [0.1, 0.15) is 36.9 Å². The number of aromatic nitrogens is 3. The fourth-order valence-electron chi connectivity index (χ4n) is 2.19. The van der Waals surface area contributed by atoms with E-state index in [0.717, 1.165) is 22.8 Å². The third-order valence-corrected chi connectivity index (χ3v) is 3.49. The predicted molar refractivity (Wildman–Crippen MR) is 63.3 cm³/mol. The van der Waals surface area contributed by atoms with E-state index in [1.165, 1.54) is 12.8 Å². The van der Waals surface area contributed by atoms with Crippen molar-refractivity contribution in [2.45, 2.75) is 32.6 Å². The topological polar surface area (TPSA) is 56.2 Å². The smallest absolute Gasteiger partial charge is 0.160 e. The van der Waals surface area contributed by atoms with E-state index in [9.17, 15) is 0 Å². The van der Waals surface area contributed by atoms with Gasteiger partial charge in [-0.05, 0) is 25.7 Å². The maximum atomic E-state index is 5.99. The Bertz CT molecular complexity index is 539. The van der Waals surface area contributed by atoms with Gasteiger partial charge in [-0.15, -0.1) is 0 Å². The van der Waals surface area contributed by atoms with Crippen LogP contribution < -0.4 is 5.73 Å². The highest BCUT2D eigenvalue weighted by molar-refractivity contribution is 5.52. The van der Waals surface area contributed by atoms with Crippen LogP contribution in [0.25, 0.3) is 5.65 Å². The summed E-state index contributed by atoms with van der Waals surface area (Å²) >= 11 is 0. The van der Waals surface area contributed by atoms with E-state index in [0.29, 0.717) is 11.7 Å². The summed E-state index contributed by atoms with van der Waals surface area (Å²) in [4.78, 5) is 4.68. The Morgan fingerprint density at radius 1 is 1.50 bits per heavy atom. The van der Waals surface area contributed by atoms with Crippen molar-refractivity contribution >= 4 is 11.5 Å². The normalized spacial score (nSPS) is 17.9. The third kappa shape index (κ3) is 1.37. The summed E-state index contributed by atoms with van der Waals surface area (Å²) in [5, 5.41) is 4.21. The fourth-order valence-corrected chi connectivity index (χ4v) is 2.19. The van der Waals surface area contributed by atoms with Gasteiger partial charge in [0.25, 0.3) is 0 Å². The van der Waals surface area contributed by atoms with Gasteiger partial charge in [0.05, 0.1) is 6.20 Å². The molecule has 1 fully saturated rings. The minimum atomic E-state index is 0.515. The van der Waals surface area contributed by atoms with E-state index in [1.54, 1.807) is 4.52 Å². The van der Waals surface area contributed by atoms with Crippen LogP contribution in [0.15, 0.2) is 12.3 Å². The van der Waals surface area contributed by atoms with Crippen molar-refractivity contribution in [3.05, 3.63) is 23.5 Å². The first kappa shape index (κ1) is 9.63. The molecule has 0 bridgehead atoms.